The molecular weight excluding hydrogens is 1050 g/mol. The fourth-order valence-corrected chi connectivity index (χ4v) is 17.4. The zero-order valence-electron chi connectivity index (χ0n) is 53.3. The summed E-state index contributed by atoms with van der Waals surface area (Å²) >= 11 is 0. The first kappa shape index (κ1) is 54.0. The molecule has 0 radical (unpaired) electrons. The second-order valence-corrected chi connectivity index (χ2v) is 27.0. The zero-order valence-corrected chi connectivity index (χ0v) is 49.3. The van der Waals surface area contributed by atoms with Crippen molar-refractivity contribution >= 4 is 23.6 Å². The van der Waals surface area contributed by atoms with Gasteiger partial charge in [-0.25, -0.2) is 0 Å². The Hall–Kier alpha value is -6.44. The van der Waals surface area contributed by atoms with Gasteiger partial charge in [0.25, 0.3) is 0 Å². The van der Waals surface area contributed by atoms with E-state index in [0.717, 1.165) is 184 Å². The van der Waals surface area contributed by atoms with Crippen molar-refractivity contribution in [3.63, 3.8) is 0 Å². The summed E-state index contributed by atoms with van der Waals surface area (Å²) in [7, 11) is 0. The average Bonchev–Trinajstić information content (AvgIpc) is 3.29. The van der Waals surface area contributed by atoms with E-state index in [2.05, 4.69) is 91.4 Å². The van der Waals surface area contributed by atoms with E-state index in [1.807, 2.05) is 48.5 Å². The third-order valence-corrected chi connectivity index (χ3v) is 21.6. The van der Waals surface area contributed by atoms with E-state index in [1.54, 1.807) is 0 Å². The van der Waals surface area contributed by atoms with Gasteiger partial charge in [-0.2, -0.15) is 0 Å². The fraction of sp³-hybridized carbons (Fsp3) is 0.507. The Morgan fingerprint density at radius 1 is 0.388 bits per heavy atom. The van der Waals surface area contributed by atoms with E-state index in [-0.39, 0.29) is 52.7 Å². The lowest BCUT2D eigenvalue weighted by molar-refractivity contribution is -0.127. The van der Waals surface area contributed by atoms with Crippen LogP contribution in [0.2, 0.25) is 0 Å². The highest BCUT2D eigenvalue weighted by molar-refractivity contribution is 5.90. The molecule has 448 valence electrons. The number of allylic oxidation sites excluding steroid dienone is 4. The molecule has 4 spiro atoms. The van der Waals surface area contributed by atoms with Crippen molar-refractivity contribution in [1.29, 1.82) is 0 Å². The Bertz CT molecular complexity index is 3470. The van der Waals surface area contributed by atoms with Crippen LogP contribution in [0.1, 0.15) is 184 Å². The molecule has 0 saturated carbocycles. The van der Waals surface area contributed by atoms with Crippen LogP contribution < -0.4 is 21.3 Å². The molecule has 8 aliphatic heterocycles. The summed E-state index contributed by atoms with van der Waals surface area (Å²) in [5.41, 5.74) is 12.9. The van der Waals surface area contributed by atoms with Crippen molar-refractivity contribution in [1.82, 2.24) is 40.9 Å². The minimum atomic E-state index is -0.272. The first-order chi connectivity index (χ1) is 42.3. The van der Waals surface area contributed by atoms with Gasteiger partial charge in [0.2, 0.25) is 23.6 Å². The van der Waals surface area contributed by atoms with Crippen molar-refractivity contribution in [3.8, 4) is 0 Å². The molecule has 8 fully saturated rings. The van der Waals surface area contributed by atoms with Crippen molar-refractivity contribution in [2.75, 3.05) is 52.4 Å². The van der Waals surface area contributed by atoms with Crippen molar-refractivity contribution in [3.05, 3.63) is 191 Å². The topological polar surface area (TPSA) is 129 Å². The molecule has 4 N–H and O–H groups in total. The third kappa shape index (κ3) is 11.3. The van der Waals surface area contributed by atoms with Crippen LogP contribution in [0.5, 0.6) is 0 Å². The van der Waals surface area contributed by atoms with E-state index >= 15 is 0 Å². The minimum Gasteiger partial charge on any atom is -0.330 e. The van der Waals surface area contributed by atoms with Crippen LogP contribution in [0.25, 0.3) is 0 Å². The standard InChI is InChI=1S/4C18H22N2O.CH4/c4*1-13-11-18(17(21)19-13)9-10-20(12-18)16-8-4-6-14-5-2-3-7-15(14)16;/h4*2-3,5,7,16H,1,4,6,8-12H2,(H,19,21);1H4/i7T;5T;3T;2T;. The number of aryl methyl sites for hydroxylation is 3. The number of hydrogen-bond donors (Lipinski definition) is 4. The molecule has 8 atom stereocenters. The predicted molar refractivity (Wildman–Crippen MR) is 337 cm³/mol. The summed E-state index contributed by atoms with van der Waals surface area (Å²) in [4.78, 5) is 59.1. The summed E-state index contributed by atoms with van der Waals surface area (Å²) in [6.45, 7) is 22.9. The molecule has 12 aliphatic rings. The van der Waals surface area contributed by atoms with Crippen molar-refractivity contribution < 1.29 is 24.7 Å². The Kier molecular flexibility index (Phi) is 15.3. The molecule has 4 aromatic rings. The Morgan fingerprint density at radius 3 is 1.14 bits per heavy atom. The minimum absolute atomic E-state index is 0. The van der Waals surface area contributed by atoms with Crippen LogP contribution in [-0.4, -0.2) is 95.6 Å². The molecule has 16 rings (SSSR count). The van der Waals surface area contributed by atoms with Crippen LogP contribution >= 0.6 is 0 Å². The second-order valence-electron chi connectivity index (χ2n) is 27.0. The molecule has 85 heavy (non-hydrogen) atoms. The number of rotatable bonds is 4. The van der Waals surface area contributed by atoms with Gasteiger partial charge in [0.15, 0.2) is 0 Å². The van der Waals surface area contributed by atoms with E-state index < -0.39 is 0 Å². The van der Waals surface area contributed by atoms with Crippen LogP contribution in [-0.2, 0) is 44.9 Å². The van der Waals surface area contributed by atoms with Crippen LogP contribution in [0.3, 0.4) is 0 Å². The highest BCUT2D eigenvalue weighted by Crippen LogP contribution is 2.50. The third-order valence-electron chi connectivity index (χ3n) is 21.6. The maximum Gasteiger partial charge on any atom is 0.232 e. The summed E-state index contributed by atoms with van der Waals surface area (Å²) in [6, 6.07) is 28.1. The second kappa shape index (κ2) is 24.0. The lowest BCUT2D eigenvalue weighted by Gasteiger charge is -2.34. The molecule has 0 bridgehead atoms. The Morgan fingerprint density at radius 2 is 0.706 bits per heavy atom. The Balaban J connectivity index is 0.000000115. The number of nitrogens with zero attached hydrogens (tertiary/aromatic N) is 4. The van der Waals surface area contributed by atoms with Gasteiger partial charge >= 0.3 is 0 Å². The van der Waals surface area contributed by atoms with Crippen LogP contribution in [0.15, 0.2) is 146 Å². The van der Waals surface area contributed by atoms with Gasteiger partial charge in [-0.15, -0.1) is 0 Å². The average molecular weight is 1150 g/mol. The highest BCUT2D eigenvalue weighted by atomic mass is 16.2. The number of carbonyl (C=O) groups is 4. The number of benzene rings is 4. The van der Waals surface area contributed by atoms with Gasteiger partial charge < -0.3 is 21.3 Å². The SMILES string of the molecule is C.[3H]c1ccc2c(c1)C(N1CCC3(CC(=C)NC3=O)C1)CCC2.[3H]c1ccc2c(c1)CCCC2N1CCC2(CC(=C)NC2=O)C1.[3H]c1cccc2c1C(N1CCC3(CC(=C)NC3=O)C1)CCC2.[3H]c1cccc2c1CCCC2N1CCC2(CC(=C)NC2=O)C1. The van der Waals surface area contributed by atoms with Crippen LogP contribution in [0.4, 0.5) is 0 Å². The van der Waals surface area contributed by atoms with Gasteiger partial charge in [0, 0.05) is 98.8 Å². The van der Waals surface area contributed by atoms with E-state index in [0.29, 0.717) is 48.3 Å². The Labute approximate surface area is 511 Å². The monoisotopic (exact) mass is 1150 g/mol. The molecule has 4 aromatic carbocycles. The van der Waals surface area contributed by atoms with Gasteiger partial charge in [0.1, 0.15) is 0 Å². The summed E-state index contributed by atoms with van der Waals surface area (Å²) in [5, 5.41) is 11.6. The van der Waals surface area contributed by atoms with Gasteiger partial charge in [-0.05, 0) is 173 Å². The number of hydrogen-bond acceptors (Lipinski definition) is 8. The molecule has 8 unspecified atom stereocenters. The smallest absolute Gasteiger partial charge is 0.232 e. The number of amides is 4. The lowest BCUT2D eigenvalue weighted by atomic mass is 9.84. The maximum absolute atomic E-state index is 12.3. The highest BCUT2D eigenvalue weighted by Gasteiger charge is 2.54. The molecule has 0 aromatic heterocycles. The van der Waals surface area contributed by atoms with E-state index in [1.165, 1.54) is 63.8 Å². The van der Waals surface area contributed by atoms with Gasteiger partial charge in [-0.1, -0.05) is 131 Å². The first-order valence-electron chi connectivity index (χ1n) is 33.6. The quantitative estimate of drug-likeness (QED) is 0.159. The molecule has 8 saturated heterocycles. The largest absolute Gasteiger partial charge is 0.330 e. The van der Waals surface area contributed by atoms with Gasteiger partial charge in [-0.3, -0.25) is 38.8 Å². The number of nitrogens with one attached hydrogen (secondary N) is 4. The number of fused-ring (bicyclic) bond motifs is 4. The predicted octanol–water partition coefficient (Wildman–Crippen LogP) is 11.8. The van der Waals surface area contributed by atoms with E-state index in [4.69, 9.17) is 5.48 Å². The molecule has 4 amide bonds. The number of likely N-dealkylation sites (tertiary alicyclic amines) is 4. The summed E-state index contributed by atoms with van der Waals surface area (Å²) in [5.74, 6) is 0.628. The molecular formula is C73H92N8O4. The first-order valence-corrected chi connectivity index (χ1v) is 31.6. The molecule has 4 aliphatic carbocycles. The van der Waals surface area contributed by atoms with Crippen LogP contribution in [0, 0.1) is 21.7 Å². The summed E-state index contributed by atoms with van der Waals surface area (Å²) < 4.78 is 32.2. The molecule has 8 heterocycles. The zero-order chi connectivity index (χ0) is 61.3. The normalized spacial score (nSPS) is 32.8. The molecule has 12 heteroatoms. The van der Waals surface area contributed by atoms with Crippen molar-refractivity contribution in [2.24, 2.45) is 21.7 Å². The molecule has 12 nitrogen and oxygen atoms in total. The fourth-order valence-electron chi connectivity index (χ4n) is 17.4. The van der Waals surface area contributed by atoms with Crippen molar-refractivity contribution in [2.45, 2.75) is 160 Å². The number of carbonyl (C=O) groups excluding carboxylic acids is 4. The maximum atomic E-state index is 12.3. The summed E-state index contributed by atoms with van der Waals surface area (Å²) in [6.07, 6.45) is 20.3. The lowest BCUT2D eigenvalue weighted by Crippen LogP contribution is -2.36. The van der Waals surface area contributed by atoms with Gasteiger partial charge in [0.05, 0.1) is 27.1 Å². The van der Waals surface area contributed by atoms with E-state index in [9.17, 15) is 19.2 Å².